The molecule has 2 heterocycles. The lowest BCUT2D eigenvalue weighted by molar-refractivity contribution is 0.112. The second kappa shape index (κ2) is 6.90. The van der Waals surface area contributed by atoms with Gasteiger partial charge in [0.2, 0.25) is 0 Å². The largest absolute Gasteiger partial charge is 0.339 e. The van der Waals surface area contributed by atoms with Gasteiger partial charge in [0.05, 0.1) is 11.2 Å². The molecule has 2 aromatic carbocycles. The third-order valence-electron chi connectivity index (χ3n) is 3.92. The van der Waals surface area contributed by atoms with Crippen LogP contribution in [0, 0.1) is 0 Å². The molecule has 4 rings (SSSR count). The Hall–Kier alpha value is -3.31. The Kier molecular flexibility index (Phi) is 4.29. The van der Waals surface area contributed by atoms with E-state index in [1.54, 1.807) is 30.6 Å². The number of nitrogens with zero attached hydrogens (tertiary/aromatic N) is 3. The minimum atomic E-state index is 0.541. The fourth-order valence-electron chi connectivity index (χ4n) is 2.66. The van der Waals surface area contributed by atoms with Crippen LogP contribution in [-0.4, -0.2) is 21.2 Å². The van der Waals surface area contributed by atoms with Gasteiger partial charge in [0.1, 0.15) is 5.82 Å². The maximum absolute atomic E-state index is 11.3. The number of anilines is 2. The smallest absolute Gasteiger partial charge is 0.163 e. The van der Waals surface area contributed by atoms with Gasteiger partial charge in [-0.2, -0.15) is 0 Å². The molecule has 0 aliphatic heterocycles. The Labute approximate surface area is 154 Å². The summed E-state index contributed by atoms with van der Waals surface area (Å²) in [6, 6.07) is 16.4. The summed E-state index contributed by atoms with van der Waals surface area (Å²) >= 11 is 6.16. The normalized spacial score (nSPS) is 10.7. The minimum Gasteiger partial charge on any atom is -0.339 e. The third kappa shape index (κ3) is 3.12. The lowest BCUT2D eigenvalue weighted by Crippen LogP contribution is -2.01. The van der Waals surface area contributed by atoms with Crippen molar-refractivity contribution in [2.75, 3.05) is 5.32 Å². The van der Waals surface area contributed by atoms with Crippen LogP contribution in [0.5, 0.6) is 0 Å². The van der Waals surface area contributed by atoms with Crippen molar-refractivity contribution in [1.29, 1.82) is 0 Å². The number of benzene rings is 2. The van der Waals surface area contributed by atoms with E-state index in [9.17, 15) is 4.79 Å². The molecule has 0 saturated carbocycles. The standard InChI is InChI=1S/C20H13ClN4O/c21-15-7-8-18-16(10-15)20(23-17-6-2-1-4-14(17)12-26)25-19(24-18)13-5-3-9-22-11-13/h1-12H,(H,23,24,25). The maximum Gasteiger partial charge on any atom is 0.163 e. The van der Waals surface area contributed by atoms with Crippen LogP contribution in [0.3, 0.4) is 0 Å². The Morgan fingerprint density at radius 2 is 1.88 bits per heavy atom. The molecule has 0 saturated heterocycles. The van der Waals surface area contributed by atoms with Gasteiger partial charge >= 0.3 is 0 Å². The molecule has 0 bridgehead atoms. The van der Waals surface area contributed by atoms with Gasteiger partial charge in [0.15, 0.2) is 12.1 Å². The van der Waals surface area contributed by atoms with Crippen molar-refractivity contribution < 1.29 is 4.79 Å². The topological polar surface area (TPSA) is 67.8 Å². The SMILES string of the molecule is O=Cc1ccccc1Nc1nc(-c2cccnc2)nc2ccc(Cl)cc12. The average Bonchev–Trinajstić information content (AvgIpc) is 2.69. The average molecular weight is 361 g/mol. The van der Waals surface area contributed by atoms with E-state index in [2.05, 4.69) is 20.3 Å². The van der Waals surface area contributed by atoms with Crippen molar-refractivity contribution in [3.8, 4) is 11.4 Å². The van der Waals surface area contributed by atoms with Gasteiger partial charge in [-0.1, -0.05) is 23.7 Å². The lowest BCUT2D eigenvalue weighted by atomic mass is 10.1. The Balaban J connectivity index is 1.91. The van der Waals surface area contributed by atoms with Gasteiger partial charge < -0.3 is 5.32 Å². The zero-order valence-corrected chi connectivity index (χ0v) is 14.3. The van der Waals surface area contributed by atoms with Gasteiger partial charge in [-0.25, -0.2) is 9.97 Å². The number of carbonyl (C=O) groups is 1. The highest BCUT2D eigenvalue weighted by molar-refractivity contribution is 6.31. The molecule has 0 radical (unpaired) electrons. The summed E-state index contributed by atoms with van der Waals surface area (Å²) in [7, 11) is 0. The van der Waals surface area contributed by atoms with E-state index in [4.69, 9.17) is 11.6 Å². The molecule has 0 spiro atoms. The van der Waals surface area contributed by atoms with Crippen molar-refractivity contribution in [3.63, 3.8) is 0 Å². The highest BCUT2D eigenvalue weighted by Gasteiger charge is 2.12. The van der Waals surface area contributed by atoms with E-state index < -0.39 is 0 Å². The molecule has 0 unspecified atom stereocenters. The first-order valence-electron chi connectivity index (χ1n) is 7.93. The van der Waals surface area contributed by atoms with Gasteiger partial charge in [0, 0.05) is 33.9 Å². The molecule has 6 heteroatoms. The fourth-order valence-corrected chi connectivity index (χ4v) is 2.83. The molecule has 0 atom stereocenters. The summed E-state index contributed by atoms with van der Waals surface area (Å²) < 4.78 is 0. The van der Waals surface area contributed by atoms with Gasteiger partial charge in [0.25, 0.3) is 0 Å². The minimum absolute atomic E-state index is 0.541. The quantitative estimate of drug-likeness (QED) is 0.524. The van der Waals surface area contributed by atoms with Crippen LogP contribution in [0.1, 0.15) is 10.4 Å². The van der Waals surface area contributed by atoms with E-state index in [0.29, 0.717) is 27.9 Å². The maximum atomic E-state index is 11.3. The van der Waals surface area contributed by atoms with Gasteiger partial charge in [-0.15, -0.1) is 0 Å². The van der Waals surface area contributed by atoms with Crippen molar-refractivity contribution in [1.82, 2.24) is 15.0 Å². The van der Waals surface area contributed by atoms with Crippen molar-refractivity contribution in [2.24, 2.45) is 0 Å². The second-order valence-electron chi connectivity index (χ2n) is 5.63. The fraction of sp³-hybridized carbons (Fsp3) is 0. The number of hydrogen-bond donors (Lipinski definition) is 1. The number of halogens is 1. The number of pyridine rings is 1. The van der Waals surface area contributed by atoms with Crippen molar-refractivity contribution in [3.05, 3.63) is 77.6 Å². The predicted octanol–water partition coefficient (Wildman–Crippen LogP) is 4.90. The predicted molar refractivity (Wildman–Crippen MR) is 103 cm³/mol. The summed E-state index contributed by atoms with van der Waals surface area (Å²) in [5.41, 5.74) is 2.76. The molecule has 2 aromatic heterocycles. The molecule has 1 N–H and O–H groups in total. The highest BCUT2D eigenvalue weighted by atomic mass is 35.5. The Bertz CT molecular complexity index is 1100. The number of nitrogens with one attached hydrogen (secondary N) is 1. The van der Waals surface area contributed by atoms with Crippen LogP contribution in [0.25, 0.3) is 22.3 Å². The van der Waals surface area contributed by atoms with Crippen molar-refractivity contribution in [2.45, 2.75) is 0 Å². The van der Waals surface area contributed by atoms with Crippen LogP contribution in [0.15, 0.2) is 67.0 Å². The molecule has 0 fully saturated rings. The summed E-state index contributed by atoms with van der Waals surface area (Å²) in [4.78, 5) is 24.7. The first-order chi connectivity index (χ1) is 12.7. The first kappa shape index (κ1) is 16.2. The van der Waals surface area contributed by atoms with Gasteiger partial charge in [-0.05, 0) is 42.5 Å². The van der Waals surface area contributed by atoms with E-state index in [0.717, 1.165) is 22.8 Å². The number of fused-ring (bicyclic) bond motifs is 1. The third-order valence-corrected chi connectivity index (χ3v) is 4.15. The second-order valence-corrected chi connectivity index (χ2v) is 6.07. The number of rotatable bonds is 4. The molecular weight excluding hydrogens is 348 g/mol. The zero-order chi connectivity index (χ0) is 17.9. The van der Waals surface area contributed by atoms with E-state index in [-0.39, 0.29) is 0 Å². The van der Waals surface area contributed by atoms with Crippen molar-refractivity contribution >= 4 is 40.3 Å². The molecule has 0 aliphatic carbocycles. The summed E-state index contributed by atoms with van der Waals surface area (Å²) in [6.45, 7) is 0. The zero-order valence-electron chi connectivity index (χ0n) is 13.6. The number of carbonyl (C=O) groups excluding carboxylic acids is 1. The van der Waals surface area contributed by atoms with E-state index in [1.165, 1.54) is 0 Å². The number of para-hydroxylation sites is 1. The molecular formula is C20H13ClN4O. The monoisotopic (exact) mass is 360 g/mol. The summed E-state index contributed by atoms with van der Waals surface area (Å²) in [6.07, 6.45) is 4.21. The van der Waals surface area contributed by atoms with Gasteiger partial charge in [-0.3, -0.25) is 9.78 Å². The van der Waals surface area contributed by atoms with Crippen LogP contribution >= 0.6 is 11.6 Å². The van der Waals surface area contributed by atoms with Crippen LogP contribution in [-0.2, 0) is 0 Å². The summed E-state index contributed by atoms with van der Waals surface area (Å²) in [5.74, 6) is 1.12. The molecule has 5 nitrogen and oxygen atoms in total. The number of hydrogen-bond acceptors (Lipinski definition) is 5. The lowest BCUT2D eigenvalue weighted by Gasteiger charge is -2.12. The molecule has 26 heavy (non-hydrogen) atoms. The van der Waals surface area contributed by atoms with Crippen LogP contribution < -0.4 is 5.32 Å². The van der Waals surface area contributed by atoms with E-state index in [1.807, 2.05) is 36.4 Å². The van der Waals surface area contributed by atoms with E-state index >= 15 is 0 Å². The van der Waals surface area contributed by atoms with Crippen LogP contribution in [0.2, 0.25) is 5.02 Å². The number of aldehydes is 1. The highest BCUT2D eigenvalue weighted by Crippen LogP contribution is 2.29. The molecule has 4 aromatic rings. The molecule has 0 aliphatic rings. The first-order valence-corrected chi connectivity index (χ1v) is 8.31. The van der Waals surface area contributed by atoms with Crippen LogP contribution in [0.4, 0.5) is 11.5 Å². The summed E-state index contributed by atoms with van der Waals surface area (Å²) in [5, 5.41) is 4.60. The Morgan fingerprint density at radius 1 is 1.00 bits per heavy atom. The molecule has 126 valence electrons. The number of aromatic nitrogens is 3. The molecule has 0 amide bonds. The Morgan fingerprint density at radius 3 is 2.69 bits per heavy atom.